The minimum absolute atomic E-state index is 0.179. The van der Waals surface area contributed by atoms with Gasteiger partial charge in [-0.15, -0.1) is 0 Å². The van der Waals surface area contributed by atoms with Gasteiger partial charge in [0.25, 0.3) is 0 Å². The lowest BCUT2D eigenvalue weighted by atomic mass is 10.0. The van der Waals surface area contributed by atoms with Gasteiger partial charge in [-0.2, -0.15) is 0 Å². The Morgan fingerprint density at radius 3 is 2.14 bits per heavy atom. The van der Waals surface area contributed by atoms with E-state index < -0.39 is 24.6 Å². The summed E-state index contributed by atoms with van der Waals surface area (Å²) in [5, 5.41) is 19.5. The first kappa shape index (κ1) is 17.1. The van der Waals surface area contributed by atoms with Crippen molar-refractivity contribution in [3.05, 3.63) is 0 Å². The highest BCUT2D eigenvalue weighted by molar-refractivity contribution is 4.86. The fraction of sp³-hybridized carbons (Fsp3) is 1.00. The van der Waals surface area contributed by atoms with Gasteiger partial charge in [0, 0.05) is 27.1 Å². The molecule has 8 atom stereocenters. The average molecular weight is 306 g/mol. The Kier molecular flexibility index (Phi) is 5.96. The number of hydrogen-bond donors (Lipinski definition) is 2. The molecule has 0 aromatic carbocycles. The summed E-state index contributed by atoms with van der Waals surface area (Å²) >= 11 is 0. The highest BCUT2D eigenvalue weighted by Gasteiger charge is 2.42. The summed E-state index contributed by atoms with van der Waals surface area (Å²) in [7, 11) is 3.21. The zero-order valence-electron chi connectivity index (χ0n) is 13.0. The van der Waals surface area contributed by atoms with E-state index >= 15 is 0 Å². The van der Waals surface area contributed by atoms with E-state index in [1.54, 1.807) is 21.1 Å². The summed E-state index contributed by atoms with van der Waals surface area (Å²) in [5.74, 6) is 0. The number of rotatable bonds is 4. The van der Waals surface area contributed by atoms with Crippen LogP contribution >= 0.6 is 0 Å². The van der Waals surface area contributed by atoms with E-state index in [0.29, 0.717) is 6.42 Å². The molecule has 2 heterocycles. The zero-order valence-corrected chi connectivity index (χ0v) is 13.0. The normalized spacial score (nSPS) is 48.3. The standard InChI is InChI=1S/C14H26O7/c1-7-13(16)9(15)5-12(19-7)21-14-8(2)20-11(18-4)6-10(14)17-3/h7-16H,5-6H2,1-4H3. The molecular formula is C14H26O7. The van der Waals surface area contributed by atoms with Crippen molar-refractivity contribution in [1.29, 1.82) is 0 Å². The molecule has 7 heteroatoms. The fourth-order valence-electron chi connectivity index (χ4n) is 2.87. The highest BCUT2D eigenvalue weighted by Crippen LogP contribution is 2.29. The second kappa shape index (κ2) is 7.32. The van der Waals surface area contributed by atoms with Gasteiger partial charge in [-0.25, -0.2) is 0 Å². The van der Waals surface area contributed by atoms with Crippen LogP contribution in [0.15, 0.2) is 0 Å². The van der Waals surface area contributed by atoms with Crippen LogP contribution in [0.2, 0.25) is 0 Å². The summed E-state index contributed by atoms with van der Waals surface area (Å²) in [6, 6.07) is 0. The summed E-state index contributed by atoms with van der Waals surface area (Å²) in [6.07, 6.45) is -3.07. The molecule has 0 saturated carbocycles. The third kappa shape index (κ3) is 3.92. The SMILES string of the molecule is COC1CC(OC)C(OC2CC(O)C(O)C(C)O2)C(C)O1. The van der Waals surface area contributed by atoms with Gasteiger partial charge in [0.1, 0.15) is 12.2 Å². The predicted molar refractivity (Wildman–Crippen MR) is 72.6 cm³/mol. The summed E-state index contributed by atoms with van der Waals surface area (Å²) in [6.45, 7) is 3.60. The molecule has 2 aliphatic heterocycles. The van der Waals surface area contributed by atoms with E-state index in [1.165, 1.54) is 0 Å². The fourth-order valence-corrected chi connectivity index (χ4v) is 2.87. The van der Waals surface area contributed by atoms with Gasteiger partial charge >= 0.3 is 0 Å². The van der Waals surface area contributed by atoms with Crippen LogP contribution < -0.4 is 0 Å². The van der Waals surface area contributed by atoms with Crippen molar-refractivity contribution in [2.75, 3.05) is 14.2 Å². The Morgan fingerprint density at radius 1 is 0.905 bits per heavy atom. The molecule has 8 unspecified atom stereocenters. The van der Waals surface area contributed by atoms with E-state index in [2.05, 4.69) is 0 Å². The van der Waals surface area contributed by atoms with Gasteiger partial charge in [-0.05, 0) is 13.8 Å². The van der Waals surface area contributed by atoms with Crippen molar-refractivity contribution in [2.45, 2.75) is 75.9 Å². The largest absolute Gasteiger partial charge is 0.390 e. The Bertz CT molecular complexity index is 314. The van der Waals surface area contributed by atoms with Crippen molar-refractivity contribution in [3.63, 3.8) is 0 Å². The first-order valence-corrected chi connectivity index (χ1v) is 7.34. The lowest BCUT2D eigenvalue weighted by Gasteiger charge is -2.42. The Labute approximate surface area is 125 Å². The van der Waals surface area contributed by atoms with Crippen LogP contribution in [0.25, 0.3) is 0 Å². The number of ether oxygens (including phenoxy) is 5. The molecule has 2 aliphatic rings. The molecule has 7 nitrogen and oxygen atoms in total. The van der Waals surface area contributed by atoms with E-state index in [0.717, 1.165) is 0 Å². The van der Waals surface area contributed by atoms with Crippen molar-refractivity contribution in [2.24, 2.45) is 0 Å². The molecule has 2 fully saturated rings. The monoisotopic (exact) mass is 306 g/mol. The van der Waals surface area contributed by atoms with Crippen LogP contribution in [0.5, 0.6) is 0 Å². The first-order chi connectivity index (χ1) is 9.96. The molecule has 0 aromatic rings. The summed E-state index contributed by atoms with van der Waals surface area (Å²) in [4.78, 5) is 0. The van der Waals surface area contributed by atoms with Gasteiger partial charge in [-0.3, -0.25) is 0 Å². The highest BCUT2D eigenvalue weighted by atomic mass is 16.7. The topological polar surface area (TPSA) is 86.6 Å². The van der Waals surface area contributed by atoms with Crippen molar-refractivity contribution in [1.82, 2.24) is 0 Å². The molecule has 2 saturated heterocycles. The lowest BCUT2D eigenvalue weighted by molar-refractivity contribution is -0.311. The molecule has 0 aliphatic carbocycles. The smallest absolute Gasteiger partial charge is 0.161 e. The number of aliphatic hydroxyl groups excluding tert-OH is 2. The second-order valence-electron chi connectivity index (χ2n) is 5.68. The molecule has 0 bridgehead atoms. The number of hydrogen-bond acceptors (Lipinski definition) is 7. The molecule has 0 amide bonds. The summed E-state index contributed by atoms with van der Waals surface area (Å²) < 4.78 is 27.9. The first-order valence-electron chi connectivity index (χ1n) is 7.34. The van der Waals surface area contributed by atoms with Crippen molar-refractivity contribution in [3.8, 4) is 0 Å². The minimum Gasteiger partial charge on any atom is -0.390 e. The van der Waals surface area contributed by atoms with Crippen LogP contribution in [-0.2, 0) is 23.7 Å². The molecule has 2 N–H and O–H groups in total. The number of aliphatic hydroxyl groups is 2. The molecule has 0 spiro atoms. The molecule has 124 valence electrons. The average Bonchev–Trinajstić information content (AvgIpc) is 2.46. The van der Waals surface area contributed by atoms with E-state index in [1.807, 2.05) is 6.92 Å². The van der Waals surface area contributed by atoms with Crippen LogP contribution in [0, 0.1) is 0 Å². The third-order valence-corrected chi connectivity index (χ3v) is 4.17. The van der Waals surface area contributed by atoms with E-state index in [9.17, 15) is 10.2 Å². The molecule has 2 rings (SSSR count). The summed E-state index contributed by atoms with van der Waals surface area (Å²) in [5.41, 5.74) is 0. The Morgan fingerprint density at radius 2 is 1.57 bits per heavy atom. The zero-order chi connectivity index (χ0) is 15.6. The van der Waals surface area contributed by atoms with Gasteiger partial charge in [-0.1, -0.05) is 0 Å². The second-order valence-corrected chi connectivity index (χ2v) is 5.68. The molecule has 0 aromatic heterocycles. The van der Waals surface area contributed by atoms with Gasteiger partial charge in [0.05, 0.1) is 24.4 Å². The van der Waals surface area contributed by atoms with Crippen molar-refractivity contribution < 1.29 is 33.9 Å². The maximum Gasteiger partial charge on any atom is 0.161 e. The third-order valence-electron chi connectivity index (χ3n) is 4.17. The van der Waals surface area contributed by atoms with Crippen LogP contribution in [0.3, 0.4) is 0 Å². The van der Waals surface area contributed by atoms with Crippen LogP contribution in [0.1, 0.15) is 26.7 Å². The lowest BCUT2D eigenvalue weighted by Crippen LogP contribution is -2.54. The maximum absolute atomic E-state index is 9.82. The number of methoxy groups -OCH3 is 2. The van der Waals surface area contributed by atoms with Crippen LogP contribution in [0.4, 0.5) is 0 Å². The van der Waals surface area contributed by atoms with Crippen molar-refractivity contribution >= 4 is 0 Å². The van der Waals surface area contributed by atoms with Gasteiger partial charge in [0.15, 0.2) is 12.6 Å². The van der Waals surface area contributed by atoms with E-state index in [-0.39, 0.29) is 31.0 Å². The molecular weight excluding hydrogens is 280 g/mol. The quantitative estimate of drug-likeness (QED) is 0.757. The predicted octanol–water partition coefficient (Wildman–Crippen LogP) is 0.0246. The minimum atomic E-state index is -0.888. The Balaban J connectivity index is 1.97. The van der Waals surface area contributed by atoms with Gasteiger partial charge in [0.2, 0.25) is 0 Å². The molecule has 0 radical (unpaired) electrons. The Hall–Kier alpha value is -0.280. The van der Waals surface area contributed by atoms with Crippen LogP contribution in [-0.4, -0.2) is 73.6 Å². The van der Waals surface area contributed by atoms with Gasteiger partial charge < -0.3 is 33.9 Å². The van der Waals surface area contributed by atoms with E-state index in [4.69, 9.17) is 23.7 Å². The maximum atomic E-state index is 9.82. The molecule has 21 heavy (non-hydrogen) atoms.